The van der Waals surface area contributed by atoms with Crippen LogP contribution in [0.1, 0.15) is 11.1 Å². The molecule has 0 aliphatic heterocycles. The van der Waals surface area contributed by atoms with Gasteiger partial charge in [-0.15, -0.1) is 0 Å². The van der Waals surface area contributed by atoms with Crippen LogP contribution in [-0.4, -0.2) is 4.57 Å². The molecular formula is C16H11ClN2. The minimum absolute atomic E-state index is 0.715. The second-order valence-electron chi connectivity index (χ2n) is 4.42. The van der Waals surface area contributed by atoms with Gasteiger partial charge in [-0.05, 0) is 35.9 Å². The lowest BCUT2D eigenvalue weighted by atomic mass is 10.1. The molecule has 0 aliphatic carbocycles. The maximum absolute atomic E-state index is 9.09. The van der Waals surface area contributed by atoms with Crippen LogP contribution < -0.4 is 0 Å². The van der Waals surface area contributed by atoms with E-state index in [2.05, 4.69) is 10.6 Å². The molecule has 0 saturated heterocycles. The van der Waals surface area contributed by atoms with Gasteiger partial charge in [0.2, 0.25) is 0 Å². The summed E-state index contributed by atoms with van der Waals surface area (Å²) in [6, 6.07) is 17.8. The van der Waals surface area contributed by atoms with Gasteiger partial charge in [-0.25, -0.2) is 0 Å². The fourth-order valence-electron chi connectivity index (χ4n) is 2.25. The van der Waals surface area contributed by atoms with Gasteiger partial charge in [0.1, 0.15) is 0 Å². The molecule has 3 rings (SSSR count). The smallest absolute Gasteiger partial charge is 0.0998 e. The van der Waals surface area contributed by atoms with Crippen molar-refractivity contribution in [3.05, 3.63) is 70.9 Å². The van der Waals surface area contributed by atoms with Crippen molar-refractivity contribution in [3.63, 3.8) is 0 Å². The maximum Gasteiger partial charge on any atom is 0.0998 e. The van der Waals surface area contributed by atoms with E-state index in [0.717, 1.165) is 22.5 Å². The third-order valence-electron chi connectivity index (χ3n) is 3.20. The van der Waals surface area contributed by atoms with Gasteiger partial charge in [0.15, 0.2) is 0 Å². The summed E-state index contributed by atoms with van der Waals surface area (Å²) >= 11 is 5.89. The Kier molecular flexibility index (Phi) is 2.98. The van der Waals surface area contributed by atoms with Gasteiger partial charge in [-0.1, -0.05) is 29.8 Å². The van der Waals surface area contributed by atoms with E-state index in [4.69, 9.17) is 16.9 Å². The van der Waals surface area contributed by atoms with E-state index in [1.807, 2.05) is 54.7 Å². The summed E-state index contributed by atoms with van der Waals surface area (Å²) in [4.78, 5) is 0. The molecule has 0 aliphatic rings. The van der Waals surface area contributed by atoms with Crippen LogP contribution in [0.15, 0.2) is 54.7 Å². The molecule has 19 heavy (non-hydrogen) atoms. The number of nitriles is 1. The predicted octanol–water partition coefficient (Wildman–Crippen LogP) is 4.21. The molecule has 0 fully saturated rings. The normalized spacial score (nSPS) is 10.5. The Balaban J connectivity index is 2.02. The highest BCUT2D eigenvalue weighted by Gasteiger charge is 2.05. The summed E-state index contributed by atoms with van der Waals surface area (Å²) in [6.45, 7) is 0.773. The van der Waals surface area contributed by atoms with Crippen LogP contribution in [0.25, 0.3) is 10.9 Å². The predicted molar refractivity (Wildman–Crippen MR) is 77.2 cm³/mol. The van der Waals surface area contributed by atoms with Crippen molar-refractivity contribution in [2.24, 2.45) is 0 Å². The van der Waals surface area contributed by atoms with E-state index in [-0.39, 0.29) is 0 Å². The van der Waals surface area contributed by atoms with Crippen LogP contribution >= 0.6 is 11.6 Å². The topological polar surface area (TPSA) is 28.7 Å². The zero-order valence-electron chi connectivity index (χ0n) is 10.2. The highest BCUT2D eigenvalue weighted by atomic mass is 35.5. The van der Waals surface area contributed by atoms with Crippen LogP contribution in [0, 0.1) is 11.3 Å². The summed E-state index contributed by atoms with van der Waals surface area (Å²) in [5.74, 6) is 0. The molecule has 3 heteroatoms. The first-order valence-corrected chi connectivity index (χ1v) is 6.38. The van der Waals surface area contributed by atoms with Crippen LogP contribution in [-0.2, 0) is 6.54 Å². The summed E-state index contributed by atoms with van der Waals surface area (Å²) in [5.41, 5.74) is 2.98. The first-order valence-electron chi connectivity index (χ1n) is 6.00. The van der Waals surface area contributed by atoms with Gasteiger partial charge < -0.3 is 4.57 Å². The first-order chi connectivity index (χ1) is 9.28. The SMILES string of the molecule is N#Cc1cccc2c1ccn2Cc1ccc(Cl)cc1. The van der Waals surface area contributed by atoms with Crippen molar-refractivity contribution >= 4 is 22.5 Å². The number of hydrogen-bond acceptors (Lipinski definition) is 1. The quantitative estimate of drug-likeness (QED) is 0.683. The third-order valence-corrected chi connectivity index (χ3v) is 3.45. The van der Waals surface area contributed by atoms with Crippen LogP contribution in [0.3, 0.4) is 0 Å². The summed E-state index contributed by atoms with van der Waals surface area (Å²) in [5, 5.41) is 10.8. The molecule has 0 N–H and O–H groups in total. The Morgan fingerprint density at radius 1 is 1.05 bits per heavy atom. The van der Waals surface area contributed by atoms with Crippen LogP contribution in [0.2, 0.25) is 5.02 Å². The van der Waals surface area contributed by atoms with Crippen molar-refractivity contribution in [2.75, 3.05) is 0 Å². The average Bonchev–Trinajstić information content (AvgIpc) is 2.84. The zero-order chi connectivity index (χ0) is 13.2. The fraction of sp³-hybridized carbons (Fsp3) is 0.0625. The second-order valence-corrected chi connectivity index (χ2v) is 4.86. The molecule has 1 heterocycles. The lowest BCUT2D eigenvalue weighted by molar-refractivity contribution is 0.837. The Morgan fingerprint density at radius 2 is 1.84 bits per heavy atom. The van der Waals surface area contributed by atoms with Gasteiger partial charge in [0, 0.05) is 28.7 Å². The summed E-state index contributed by atoms with van der Waals surface area (Å²) in [7, 11) is 0. The van der Waals surface area contributed by atoms with Crippen molar-refractivity contribution in [1.82, 2.24) is 4.57 Å². The monoisotopic (exact) mass is 266 g/mol. The molecule has 0 saturated carbocycles. The van der Waals surface area contributed by atoms with Crippen molar-refractivity contribution in [2.45, 2.75) is 6.54 Å². The van der Waals surface area contributed by atoms with E-state index in [9.17, 15) is 0 Å². The molecule has 2 nitrogen and oxygen atoms in total. The summed E-state index contributed by atoms with van der Waals surface area (Å²) < 4.78 is 2.14. The molecule has 0 amide bonds. The van der Waals surface area contributed by atoms with Gasteiger partial charge >= 0.3 is 0 Å². The number of fused-ring (bicyclic) bond motifs is 1. The number of halogens is 1. The zero-order valence-corrected chi connectivity index (χ0v) is 10.9. The molecule has 0 unspecified atom stereocenters. The van der Waals surface area contributed by atoms with Gasteiger partial charge in [-0.3, -0.25) is 0 Å². The van der Waals surface area contributed by atoms with Crippen molar-refractivity contribution in [3.8, 4) is 6.07 Å². The molecule has 3 aromatic rings. The third kappa shape index (κ3) is 2.21. The van der Waals surface area contributed by atoms with E-state index in [0.29, 0.717) is 5.56 Å². The van der Waals surface area contributed by atoms with Gasteiger partial charge in [-0.2, -0.15) is 5.26 Å². The minimum atomic E-state index is 0.715. The Labute approximate surface area is 116 Å². The Bertz CT molecular complexity index is 764. The number of nitrogens with zero attached hydrogens (tertiary/aromatic N) is 2. The van der Waals surface area contributed by atoms with Crippen LogP contribution in [0.5, 0.6) is 0 Å². The molecule has 0 radical (unpaired) electrons. The largest absolute Gasteiger partial charge is 0.343 e. The molecule has 1 aromatic heterocycles. The Morgan fingerprint density at radius 3 is 2.58 bits per heavy atom. The molecule has 0 bridgehead atoms. The van der Waals surface area contributed by atoms with E-state index >= 15 is 0 Å². The second kappa shape index (κ2) is 4.79. The molecule has 92 valence electrons. The molecular weight excluding hydrogens is 256 g/mol. The average molecular weight is 267 g/mol. The molecule has 0 spiro atoms. The van der Waals surface area contributed by atoms with Crippen molar-refractivity contribution in [1.29, 1.82) is 5.26 Å². The summed E-state index contributed by atoms with van der Waals surface area (Å²) in [6.07, 6.45) is 2.01. The lowest BCUT2D eigenvalue weighted by Gasteiger charge is -2.06. The molecule has 0 atom stereocenters. The van der Waals surface area contributed by atoms with E-state index < -0.39 is 0 Å². The highest BCUT2D eigenvalue weighted by Crippen LogP contribution is 2.21. The fourth-order valence-corrected chi connectivity index (χ4v) is 2.37. The maximum atomic E-state index is 9.09. The lowest BCUT2D eigenvalue weighted by Crippen LogP contribution is -1.97. The highest BCUT2D eigenvalue weighted by molar-refractivity contribution is 6.30. The van der Waals surface area contributed by atoms with Crippen LogP contribution in [0.4, 0.5) is 0 Å². The number of rotatable bonds is 2. The van der Waals surface area contributed by atoms with Gasteiger partial charge in [0.25, 0.3) is 0 Å². The molecule has 2 aromatic carbocycles. The van der Waals surface area contributed by atoms with Gasteiger partial charge in [0.05, 0.1) is 11.6 Å². The van der Waals surface area contributed by atoms with E-state index in [1.54, 1.807) is 0 Å². The standard InChI is InChI=1S/C16H11ClN2/c17-14-6-4-12(5-7-14)11-19-9-8-15-13(10-18)2-1-3-16(15)19/h1-9H,11H2. The first kappa shape index (κ1) is 11.8. The number of benzene rings is 2. The number of aromatic nitrogens is 1. The Hall–Kier alpha value is -2.24. The number of hydrogen-bond donors (Lipinski definition) is 0. The minimum Gasteiger partial charge on any atom is -0.343 e. The van der Waals surface area contributed by atoms with E-state index in [1.165, 1.54) is 5.56 Å². The van der Waals surface area contributed by atoms with Crippen molar-refractivity contribution < 1.29 is 0 Å².